The second-order valence-corrected chi connectivity index (χ2v) is 13.4. The van der Waals surface area contributed by atoms with Crippen LogP contribution in [0.5, 0.6) is 0 Å². The van der Waals surface area contributed by atoms with Crippen LogP contribution in [0.4, 0.5) is 11.6 Å². The highest BCUT2D eigenvalue weighted by Gasteiger charge is 2.35. The lowest BCUT2D eigenvalue weighted by atomic mass is 10.1. The summed E-state index contributed by atoms with van der Waals surface area (Å²) < 4.78 is 54.7. The van der Waals surface area contributed by atoms with Crippen molar-refractivity contribution in [3.63, 3.8) is 0 Å². The van der Waals surface area contributed by atoms with E-state index in [0.29, 0.717) is 48.9 Å². The molecule has 2 aromatic carbocycles. The van der Waals surface area contributed by atoms with Crippen LogP contribution in [0.15, 0.2) is 52.3 Å². The van der Waals surface area contributed by atoms with E-state index in [1.807, 2.05) is 15.7 Å². The van der Waals surface area contributed by atoms with Crippen molar-refractivity contribution in [2.24, 2.45) is 0 Å². The maximum atomic E-state index is 13.5. The number of nitriles is 1. The third kappa shape index (κ3) is 4.59. The molecule has 0 saturated carbocycles. The Labute approximate surface area is 236 Å². The van der Waals surface area contributed by atoms with Crippen molar-refractivity contribution >= 4 is 43.5 Å². The molecule has 15 heteroatoms. The lowest BCUT2D eigenvalue weighted by Gasteiger charge is -2.34. The van der Waals surface area contributed by atoms with Crippen LogP contribution in [0, 0.1) is 18.3 Å². The standard InChI is InChI=1S/C26H23N7O6S2/c1-16-12-19(15-27)29-26(28-16)31-8-10-32(11-9-31)41(38,39)20-3-5-22-17(13-20)6-7-33(22)25(35)18-2-4-21-23(14-18)40(36,37)30-24(21)34/h2-5,12-14H,6-11H2,1H3,(H,30,34). The van der Waals surface area contributed by atoms with Crippen LogP contribution in [0.25, 0.3) is 0 Å². The van der Waals surface area contributed by atoms with Gasteiger partial charge in [-0.1, -0.05) is 0 Å². The van der Waals surface area contributed by atoms with Crippen molar-refractivity contribution in [3.05, 3.63) is 70.5 Å². The van der Waals surface area contributed by atoms with Gasteiger partial charge in [-0.25, -0.2) is 31.5 Å². The van der Waals surface area contributed by atoms with E-state index >= 15 is 0 Å². The summed E-state index contributed by atoms with van der Waals surface area (Å²) in [6.45, 7) is 3.20. The monoisotopic (exact) mass is 593 g/mol. The molecule has 0 spiro atoms. The maximum Gasteiger partial charge on any atom is 0.266 e. The number of aryl methyl sites for hydroxylation is 1. The lowest BCUT2D eigenvalue weighted by molar-refractivity contribution is 0.0975. The van der Waals surface area contributed by atoms with E-state index in [1.54, 1.807) is 25.1 Å². The fourth-order valence-electron chi connectivity index (χ4n) is 5.23. The van der Waals surface area contributed by atoms with E-state index in [4.69, 9.17) is 0 Å². The Morgan fingerprint density at radius 1 is 1.02 bits per heavy atom. The van der Waals surface area contributed by atoms with E-state index in [0.717, 1.165) is 0 Å². The number of piperazine rings is 1. The number of nitrogens with one attached hydrogen (secondary N) is 1. The van der Waals surface area contributed by atoms with Crippen LogP contribution >= 0.6 is 0 Å². The number of anilines is 2. The molecular weight excluding hydrogens is 570 g/mol. The number of sulfonamides is 2. The van der Waals surface area contributed by atoms with Gasteiger partial charge in [0.05, 0.1) is 10.5 Å². The van der Waals surface area contributed by atoms with Gasteiger partial charge >= 0.3 is 0 Å². The molecule has 0 atom stereocenters. The molecule has 1 aromatic heterocycles. The molecule has 3 aliphatic heterocycles. The van der Waals surface area contributed by atoms with Gasteiger partial charge in [0.25, 0.3) is 21.8 Å². The second-order valence-electron chi connectivity index (χ2n) is 9.84. The first kappa shape index (κ1) is 26.8. The smallest absolute Gasteiger partial charge is 0.266 e. The molecule has 3 aromatic rings. The Kier molecular flexibility index (Phi) is 6.29. The Balaban J connectivity index is 1.19. The normalized spacial score (nSPS) is 18.0. The number of carbonyl (C=O) groups excluding carboxylic acids is 2. The highest BCUT2D eigenvalue weighted by atomic mass is 32.2. The van der Waals surface area contributed by atoms with E-state index in [-0.39, 0.29) is 39.7 Å². The number of fused-ring (bicyclic) bond motifs is 2. The van der Waals surface area contributed by atoms with E-state index in [2.05, 4.69) is 9.97 Å². The molecule has 1 fully saturated rings. The number of nitrogens with zero attached hydrogens (tertiary/aromatic N) is 6. The van der Waals surface area contributed by atoms with Gasteiger partial charge in [0.15, 0.2) is 0 Å². The molecule has 0 radical (unpaired) electrons. The molecule has 0 aliphatic carbocycles. The number of hydrogen-bond acceptors (Lipinski definition) is 10. The number of hydrogen-bond donors (Lipinski definition) is 1. The van der Waals surface area contributed by atoms with Crippen LogP contribution in [0.1, 0.15) is 37.7 Å². The molecule has 41 heavy (non-hydrogen) atoms. The minimum atomic E-state index is -4.02. The van der Waals surface area contributed by atoms with Crippen molar-refractivity contribution in [1.29, 1.82) is 5.26 Å². The predicted molar refractivity (Wildman–Crippen MR) is 145 cm³/mol. The Bertz CT molecular complexity index is 1900. The summed E-state index contributed by atoms with van der Waals surface area (Å²) in [5, 5.41) is 9.19. The third-order valence-electron chi connectivity index (χ3n) is 7.30. The molecule has 0 bridgehead atoms. The molecule has 1 N–H and O–H groups in total. The Hall–Kier alpha value is -4.39. The summed E-state index contributed by atoms with van der Waals surface area (Å²) in [6, 6.07) is 12.1. The largest absolute Gasteiger partial charge is 0.338 e. The summed E-state index contributed by atoms with van der Waals surface area (Å²) in [5.41, 5.74) is 2.22. The van der Waals surface area contributed by atoms with Gasteiger partial charge in [0.2, 0.25) is 16.0 Å². The van der Waals surface area contributed by atoms with Gasteiger partial charge in [0.1, 0.15) is 16.7 Å². The number of carbonyl (C=O) groups is 2. The minimum Gasteiger partial charge on any atom is -0.338 e. The van der Waals surface area contributed by atoms with Crippen LogP contribution in [0.2, 0.25) is 0 Å². The van der Waals surface area contributed by atoms with Crippen molar-refractivity contribution in [3.8, 4) is 6.07 Å². The molecule has 0 unspecified atom stereocenters. The zero-order valence-electron chi connectivity index (χ0n) is 21.7. The molecule has 13 nitrogen and oxygen atoms in total. The van der Waals surface area contributed by atoms with Crippen LogP contribution in [0.3, 0.4) is 0 Å². The fraction of sp³-hybridized carbons (Fsp3) is 0.269. The van der Waals surface area contributed by atoms with Crippen LogP contribution < -0.4 is 14.5 Å². The molecule has 1 saturated heterocycles. The fourth-order valence-corrected chi connectivity index (χ4v) is 7.90. The Morgan fingerprint density at radius 2 is 1.78 bits per heavy atom. The molecule has 3 aliphatic rings. The number of rotatable bonds is 4. The van der Waals surface area contributed by atoms with E-state index in [1.165, 1.54) is 33.5 Å². The third-order valence-corrected chi connectivity index (χ3v) is 10.6. The number of aromatic nitrogens is 2. The summed E-state index contributed by atoms with van der Waals surface area (Å²) >= 11 is 0. The summed E-state index contributed by atoms with van der Waals surface area (Å²) in [5.74, 6) is -0.798. The first-order valence-electron chi connectivity index (χ1n) is 12.6. The highest BCUT2D eigenvalue weighted by Crippen LogP contribution is 2.33. The molecule has 210 valence electrons. The minimum absolute atomic E-state index is 0.0163. The van der Waals surface area contributed by atoms with Gasteiger partial charge in [-0.2, -0.15) is 9.57 Å². The van der Waals surface area contributed by atoms with Crippen molar-refractivity contribution in [2.75, 3.05) is 42.5 Å². The summed E-state index contributed by atoms with van der Waals surface area (Å²) in [4.78, 5) is 37.0. The molecule has 2 amide bonds. The van der Waals surface area contributed by atoms with Crippen LogP contribution in [-0.4, -0.2) is 75.6 Å². The van der Waals surface area contributed by atoms with Crippen molar-refractivity contribution in [1.82, 2.24) is 19.0 Å². The maximum absolute atomic E-state index is 13.5. The first-order chi connectivity index (χ1) is 19.5. The summed E-state index contributed by atoms with van der Waals surface area (Å²) in [6.07, 6.45) is 0.424. The van der Waals surface area contributed by atoms with Crippen molar-refractivity contribution in [2.45, 2.75) is 23.1 Å². The van der Waals surface area contributed by atoms with Gasteiger partial charge in [-0.3, -0.25) is 9.59 Å². The second kappa shape index (κ2) is 9.61. The number of amides is 2. The zero-order valence-corrected chi connectivity index (χ0v) is 23.4. The van der Waals surface area contributed by atoms with Gasteiger partial charge in [0, 0.05) is 49.7 Å². The predicted octanol–water partition coefficient (Wildman–Crippen LogP) is 0.803. The van der Waals surface area contributed by atoms with E-state index in [9.17, 15) is 31.7 Å². The lowest BCUT2D eigenvalue weighted by Crippen LogP contribution is -2.49. The first-order valence-corrected chi connectivity index (χ1v) is 15.6. The quantitative estimate of drug-likeness (QED) is 0.456. The topological polar surface area (TPSA) is 174 Å². The average Bonchev–Trinajstić information content (AvgIpc) is 3.49. The van der Waals surface area contributed by atoms with Gasteiger partial charge in [-0.15, -0.1) is 0 Å². The average molecular weight is 594 g/mol. The molecule has 4 heterocycles. The van der Waals surface area contributed by atoms with Crippen molar-refractivity contribution < 1.29 is 26.4 Å². The highest BCUT2D eigenvalue weighted by molar-refractivity contribution is 7.90. The van der Waals surface area contributed by atoms with Gasteiger partial charge < -0.3 is 9.80 Å². The SMILES string of the molecule is Cc1cc(C#N)nc(N2CCN(S(=O)(=O)c3ccc4c(c3)CCN4C(=O)c3ccc4c(c3)S(=O)(=O)NC4=O)CC2)n1. The number of benzene rings is 2. The zero-order chi connectivity index (χ0) is 29.1. The van der Waals surface area contributed by atoms with Gasteiger partial charge in [-0.05, 0) is 61.4 Å². The molecule has 6 rings (SSSR count). The van der Waals surface area contributed by atoms with E-state index < -0.39 is 31.9 Å². The summed E-state index contributed by atoms with van der Waals surface area (Å²) in [7, 11) is -7.84. The Morgan fingerprint density at radius 3 is 2.51 bits per heavy atom. The van der Waals surface area contributed by atoms with Crippen LogP contribution in [-0.2, 0) is 26.5 Å². The molecular formula is C26H23N7O6S2.